The van der Waals surface area contributed by atoms with Gasteiger partial charge in [0.05, 0.1) is 0 Å². The predicted octanol–water partition coefficient (Wildman–Crippen LogP) is 3.59. The molecule has 0 amide bonds. The Labute approximate surface area is 65.3 Å². The molecule has 59 valence electrons. The Balaban J connectivity index is 3.39. The molecule has 0 nitrogen and oxygen atoms in total. The molecule has 0 spiro atoms. The van der Waals surface area contributed by atoms with Crippen LogP contribution in [0.3, 0.4) is 0 Å². The summed E-state index contributed by atoms with van der Waals surface area (Å²) < 4.78 is 0. The third kappa shape index (κ3) is 5.87. The monoisotopic (exact) mass is 139 g/mol. The van der Waals surface area contributed by atoms with Crippen LogP contribution in [0, 0.1) is 12.8 Å². The van der Waals surface area contributed by atoms with E-state index in [0.717, 1.165) is 12.3 Å². The van der Waals surface area contributed by atoms with Crippen LogP contribution in [-0.4, -0.2) is 0 Å². The van der Waals surface area contributed by atoms with Gasteiger partial charge in [0.15, 0.2) is 0 Å². The topological polar surface area (TPSA) is 0 Å². The van der Waals surface area contributed by atoms with Crippen LogP contribution < -0.4 is 0 Å². The highest BCUT2D eigenvalue weighted by atomic mass is 14.0. The molecule has 0 atom stereocenters. The fourth-order valence-electron chi connectivity index (χ4n) is 0.865. The van der Waals surface area contributed by atoms with Crippen LogP contribution in [0.2, 0.25) is 0 Å². The molecule has 0 aromatic heterocycles. The zero-order valence-corrected chi connectivity index (χ0v) is 7.48. The highest BCUT2D eigenvalue weighted by molar-refractivity contribution is 4.98. The van der Waals surface area contributed by atoms with Gasteiger partial charge in [-0.3, -0.25) is 0 Å². The standard InChI is InChI=1S/C10H19/c1-5-6-10(4)8-7-9(2)3/h6,9H,1,5,7-8H2,2-4H3/b10-6+. The minimum absolute atomic E-state index is 0.827. The van der Waals surface area contributed by atoms with Crippen molar-refractivity contribution >= 4 is 0 Å². The Morgan fingerprint density at radius 1 is 1.50 bits per heavy atom. The second-order valence-corrected chi connectivity index (χ2v) is 3.27. The van der Waals surface area contributed by atoms with Gasteiger partial charge in [0.2, 0.25) is 0 Å². The van der Waals surface area contributed by atoms with Crippen molar-refractivity contribution in [3.8, 4) is 0 Å². The Hall–Kier alpha value is -0.260. The van der Waals surface area contributed by atoms with E-state index in [0.29, 0.717) is 0 Å². The van der Waals surface area contributed by atoms with Gasteiger partial charge in [-0.1, -0.05) is 25.5 Å². The summed E-state index contributed by atoms with van der Waals surface area (Å²) in [6.45, 7) is 10.5. The molecule has 0 aliphatic heterocycles. The zero-order chi connectivity index (χ0) is 7.98. The van der Waals surface area contributed by atoms with Crippen LogP contribution in [0.15, 0.2) is 11.6 Å². The quantitative estimate of drug-likeness (QED) is 0.522. The molecule has 0 aromatic rings. The molecule has 10 heavy (non-hydrogen) atoms. The maximum atomic E-state index is 3.78. The lowest BCUT2D eigenvalue weighted by molar-refractivity contribution is 0.584. The lowest BCUT2D eigenvalue weighted by atomic mass is 10.0. The molecule has 1 radical (unpaired) electrons. The van der Waals surface area contributed by atoms with E-state index >= 15 is 0 Å². The first-order valence-electron chi connectivity index (χ1n) is 4.11. The highest BCUT2D eigenvalue weighted by Crippen LogP contribution is 2.10. The summed E-state index contributed by atoms with van der Waals surface area (Å²) in [5.41, 5.74) is 1.49. The Morgan fingerprint density at radius 3 is 2.50 bits per heavy atom. The van der Waals surface area contributed by atoms with E-state index < -0.39 is 0 Å². The molecule has 0 aromatic carbocycles. The SMILES string of the molecule is [CH2]C/C=C(\C)CCC(C)C. The summed E-state index contributed by atoms with van der Waals surface area (Å²) in [6.07, 6.45) is 5.70. The summed E-state index contributed by atoms with van der Waals surface area (Å²) in [6, 6.07) is 0. The van der Waals surface area contributed by atoms with Crippen LogP contribution in [0.25, 0.3) is 0 Å². The van der Waals surface area contributed by atoms with Crippen LogP contribution in [-0.2, 0) is 0 Å². The van der Waals surface area contributed by atoms with E-state index in [2.05, 4.69) is 33.8 Å². The fourth-order valence-corrected chi connectivity index (χ4v) is 0.865. The molecule has 0 saturated heterocycles. The first-order chi connectivity index (χ1) is 4.66. The number of hydrogen-bond acceptors (Lipinski definition) is 0. The van der Waals surface area contributed by atoms with Gasteiger partial charge in [-0.25, -0.2) is 0 Å². The maximum Gasteiger partial charge on any atom is -0.0321 e. The first-order valence-corrected chi connectivity index (χ1v) is 4.11. The normalized spacial score (nSPS) is 12.7. The van der Waals surface area contributed by atoms with Gasteiger partial charge in [0.25, 0.3) is 0 Å². The summed E-state index contributed by atoms with van der Waals surface area (Å²) in [5, 5.41) is 0. The summed E-state index contributed by atoms with van der Waals surface area (Å²) in [4.78, 5) is 0. The highest BCUT2D eigenvalue weighted by Gasteiger charge is 1.93. The summed E-state index contributed by atoms with van der Waals surface area (Å²) in [7, 11) is 0. The van der Waals surface area contributed by atoms with Crippen LogP contribution in [0.5, 0.6) is 0 Å². The van der Waals surface area contributed by atoms with Crippen molar-refractivity contribution in [1.29, 1.82) is 0 Å². The van der Waals surface area contributed by atoms with Crippen LogP contribution in [0.1, 0.15) is 40.0 Å². The van der Waals surface area contributed by atoms with E-state index in [-0.39, 0.29) is 0 Å². The summed E-state index contributed by atoms with van der Waals surface area (Å²) >= 11 is 0. The second kappa shape index (κ2) is 5.52. The molecule has 0 bridgehead atoms. The second-order valence-electron chi connectivity index (χ2n) is 3.27. The molecule has 0 fully saturated rings. The number of rotatable bonds is 4. The molecule has 0 rings (SSSR count). The molecule has 0 aliphatic carbocycles. The molecular weight excluding hydrogens is 120 g/mol. The third-order valence-electron chi connectivity index (χ3n) is 1.61. The molecule has 0 heteroatoms. The predicted molar refractivity (Wildman–Crippen MR) is 47.8 cm³/mol. The maximum absolute atomic E-state index is 3.78. The lowest BCUT2D eigenvalue weighted by Gasteiger charge is -2.03. The molecule has 0 N–H and O–H groups in total. The number of hydrogen-bond donors (Lipinski definition) is 0. The van der Waals surface area contributed by atoms with E-state index in [1.54, 1.807) is 0 Å². The van der Waals surface area contributed by atoms with E-state index in [4.69, 9.17) is 0 Å². The third-order valence-corrected chi connectivity index (χ3v) is 1.61. The zero-order valence-electron chi connectivity index (χ0n) is 7.48. The lowest BCUT2D eigenvalue weighted by Crippen LogP contribution is -1.87. The average molecular weight is 139 g/mol. The van der Waals surface area contributed by atoms with Crippen LogP contribution >= 0.6 is 0 Å². The van der Waals surface area contributed by atoms with E-state index in [1.165, 1.54) is 18.4 Å². The molecule has 0 aliphatic rings. The Kier molecular flexibility index (Phi) is 5.38. The molecule has 0 heterocycles. The van der Waals surface area contributed by atoms with Gasteiger partial charge in [-0.05, 0) is 39.0 Å². The van der Waals surface area contributed by atoms with Gasteiger partial charge in [-0.15, -0.1) is 0 Å². The van der Waals surface area contributed by atoms with Gasteiger partial charge in [0, 0.05) is 0 Å². The van der Waals surface area contributed by atoms with Crippen molar-refractivity contribution < 1.29 is 0 Å². The Morgan fingerprint density at radius 2 is 2.10 bits per heavy atom. The van der Waals surface area contributed by atoms with Gasteiger partial charge < -0.3 is 0 Å². The van der Waals surface area contributed by atoms with Gasteiger partial charge >= 0.3 is 0 Å². The molecule has 0 saturated carbocycles. The van der Waals surface area contributed by atoms with Gasteiger partial charge in [0.1, 0.15) is 0 Å². The smallest absolute Gasteiger partial charge is 0.0321 e. The minimum atomic E-state index is 0.827. The molecular formula is C10H19. The number of allylic oxidation sites excluding steroid dienone is 2. The molecule has 0 unspecified atom stereocenters. The van der Waals surface area contributed by atoms with Crippen LogP contribution in [0.4, 0.5) is 0 Å². The summed E-state index contributed by atoms with van der Waals surface area (Å²) in [5.74, 6) is 0.827. The van der Waals surface area contributed by atoms with Crippen molar-refractivity contribution in [1.82, 2.24) is 0 Å². The fraction of sp³-hybridized carbons (Fsp3) is 0.700. The van der Waals surface area contributed by atoms with E-state index in [9.17, 15) is 0 Å². The largest absolute Gasteiger partial charge is 0.0856 e. The van der Waals surface area contributed by atoms with Crippen molar-refractivity contribution in [3.05, 3.63) is 18.6 Å². The van der Waals surface area contributed by atoms with Crippen molar-refractivity contribution in [2.45, 2.75) is 40.0 Å². The van der Waals surface area contributed by atoms with Crippen molar-refractivity contribution in [2.75, 3.05) is 0 Å². The van der Waals surface area contributed by atoms with Crippen molar-refractivity contribution in [3.63, 3.8) is 0 Å². The Bertz CT molecular complexity index is 98.6. The van der Waals surface area contributed by atoms with Crippen molar-refractivity contribution in [2.24, 2.45) is 5.92 Å². The van der Waals surface area contributed by atoms with Gasteiger partial charge in [-0.2, -0.15) is 0 Å². The van der Waals surface area contributed by atoms with E-state index in [1.807, 2.05) is 0 Å². The first kappa shape index (κ1) is 9.74. The minimum Gasteiger partial charge on any atom is -0.0856 e. The average Bonchev–Trinajstić information content (AvgIpc) is 1.85.